The predicted molar refractivity (Wildman–Crippen MR) is 220 cm³/mol. The van der Waals surface area contributed by atoms with Gasteiger partial charge < -0.3 is 20.9 Å². The first-order chi connectivity index (χ1) is 25.1. The second kappa shape index (κ2) is 24.3. The number of carbonyl (C=O) groups is 1. The van der Waals surface area contributed by atoms with Crippen LogP contribution < -0.4 is 113 Å². The molecule has 0 bridgehead atoms. The molecule has 0 atom stereocenters. The SMILES string of the molecule is CC(Cl)Cl.Cn1cc(-c2nn(C)c3cc(F)c(Br)cc23)cn1.Cn1cc(B2OC(C)(C)C(C)(C)O2)cn1.Cn1nc(I)c2cc(Br)c(F)cc21.O=CO[O-].[H-].[K+].[K+]. The molecule has 0 spiro atoms. The molecule has 23 heteroatoms. The van der Waals surface area contributed by atoms with Gasteiger partial charge in [-0.2, -0.15) is 20.4 Å². The fourth-order valence-electron chi connectivity index (χ4n) is 4.76. The Kier molecular flexibility index (Phi) is 23.7. The Morgan fingerprint density at radius 3 is 1.73 bits per heavy atom. The van der Waals surface area contributed by atoms with Gasteiger partial charge in [-0.25, -0.2) is 8.78 Å². The monoisotopic (exact) mass is 1110 g/mol. The van der Waals surface area contributed by atoms with Gasteiger partial charge in [0.25, 0.3) is 6.47 Å². The first-order valence-electron chi connectivity index (χ1n) is 15.7. The van der Waals surface area contributed by atoms with Crippen LogP contribution in [0.15, 0.2) is 58.0 Å². The van der Waals surface area contributed by atoms with Gasteiger partial charge in [0, 0.05) is 80.7 Å². The van der Waals surface area contributed by atoms with Crippen molar-refractivity contribution < 1.29 is 137 Å². The number of carbonyl (C=O) groups excluding carboxylic acids is 1. The van der Waals surface area contributed by atoms with Gasteiger partial charge in [-0.1, -0.05) is 0 Å². The minimum atomic E-state index is -0.302. The molecule has 1 aliphatic rings. The molecule has 13 nitrogen and oxygen atoms in total. The van der Waals surface area contributed by atoms with Crippen molar-refractivity contribution in [1.29, 1.82) is 0 Å². The summed E-state index contributed by atoms with van der Waals surface area (Å²) in [7, 11) is 7.04. The molecule has 0 radical (unpaired) electrons. The summed E-state index contributed by atoms with van der Waals surface area (Å²) in [5.74, 6) is -0.546. The fraction of sp³-hybridized carbons (Fsp3) is 0.364. The smallest absolute Gasteiger partial charge is 1.00 e. The van der Waals surface area contributed by atoms with E-state index in [1.165, 1.54) is 12.1 Å². The quantitative estimate of drug-likeness (QED) is 0.0636. The third kappa shape index (κ3) is 14.9. The number of hydrogen-bond donors (Lipinski definition) is 0. The zero-order valence-corrected chi connectivity index (χ0v) is 45.7. The van der Waals surface area contributed by atoms with Gasteiger partial charge in [-0.3, -0.25) is 23.5 Å². The molecule has 1 aliphatic heterocycles. The number of nitrogens with zero attached hydrogens (tertiary/aromatic N) is 8. The van der Waals surface area contributed by atoms with Crippen molar-refractivity contribution in [3.8, 4) is 11.3 Å². The first-order valence-corrected chi connectivity index (χ1v) is 19.3. The van der Waals surface area contributed by atoms with Crippen LogP contribution in [0.1, 0.15) is 36.0 Å². The second-order valence-corrected chi connectivity index (χ2v) is 16.9. The zero-order chi connectivity index (χ0) is 40.7. The predicted octanol–water partition coefficient (Wildman–Crippen LogP) is 1.04. The number of hydrogen-bond acceptors (Lipinski definition) is 9. The van der Waals surface area contributed by atoms with Gasteiger partial charge in [0.05, 0.1) is 37.4 Å². The molecule has 0 amide bonds. The van der Waals surface area contributed by atoms with Crippen molar-refractivity contribution in [2.24, 2.45) is 28.2 Å². The first kappa shape index (κ1) is 54.6. The molecule has 0 unspecified atom stereocenters. The third-order valence-corrected chi connectivity index (χ3v) is 10.0. The minimum absolute atomic E-state index is 0. The molecular formula is C33H38BBr2Cl2F2IK2N8O5. The molecule has 7 rings (SSSR count). The van der Waals surface area contributed by atoms with Crippen LogP contribution in [0.4, 0.5) is 8.78 Å². The van der Waals surface area contributed by atoms with Crippen LogP contribution >= 0.6 is 77.7 Å². The zero-order valence-electron chi connectivity index (χ0n) is 33.6. The maximum absolute atomic E-state index is 13.5. The molecule has 1 fully saturated rings. The Bertz CT molecular complexity index is 2160. The molecular weight excluding hydrogens is 1070 g/mol. The summed E-state index contributed by atoms with van der Waals surface area (Å²) in [5.41, 5.74) is 3.69. The van der Waals surface area contributed by atoms with Gasteiger partial charge in [-0.15, -0.1) is 23.2 Å². The van der Waals surface area contributed by atoms with E-state index in [1.807, 2.05) is 54.2 Å². The Morgan fingerprint density at radius 2 is 1.30 bits per heavy atom. The average molecular weight is 1110 g/mol. The number of alkyl halides is 2. The molecule has 5 heterocycles. The van der Waals surface area contributed by atoms with Gasteiger partial charge in [0.2, 0.25) is 0 Å². The largest absolute Gasteiger partial charge is 1.00 e. The molecule has 56 heavy (non-hydrogen) atoms. The van der Waals surface area contributed by atoms with Crippen LogP contribution in [0.3, 0.4) is 0 Å². The average Bonchev–Trinajstić information content (AvgIpc) is 3.88. The van der Waals surface area contributed by atoms with Crippen LogP contribution in [-0.2, 0) is 47.2 Å². The van der Waals surface area contributed by atoms with E-state index in [0.717, 1.165) is 42.2 Å². The van der Waals surface area contributed by atoms with E-state index in [1.54, 1.807) is 64.3 Å². The summed E-state index contributed by atoms with van der Waals surface area (Å²) >= 11 is 18.6. The van der Waals surface area contributed by atoms with Crippen LogP contribution in [-0.4, -0.2) is 68.8 Å². The number of benzene rings is 2. The minimum Gasteiger partial charge on any atom is -1.00 e. The number of aromatic nitrogens is 8. The topological polar surface area (TPSA) is 139 Å². The van der Waals surface area contributed by atoms with E-state index in [9.17, 15) is 8.78 Å². The van der Waals surface area contributed by atoms with Crippen molar-refractivity contribution in [3.63, 3.8) is 0 Å². The van der Waals surface area contributed by atoms with Crippen molar-refractivity contribution >= 4 is 119 Å². The molecule has 2 aromatic carbocycles. The van der Waals surface area contributed by atoms with Crippen molar-refractivity contribution in [1.82, 2.24) is 39.1 Å². The molecule has 0 saturated carbocycles. The van der Waals surface area contributed by atoms with Crippen molar-refractivity contribution in [2.45, 2.75) is 50.7 Å². The van der Waals surface area contributed by atoms with Crippen LogP contribution in [0, 0.1) is 15.3 Å². The van der Waals surface area contributed by atoms with E-state index < -0.39 is 0 Å². The number of halogens is 7. The molecule has 294 valence electrons. The van der Waals surface area contributed by atoms with Crippen LogP contribution in [0.5, 0.6) is 0 Å². The van der Waals surface area contributed by atoms with E-state index in [0.29, 0.717) is 8.95 Å². The summed E-state index contributed by atoms with van der Waals surface area (Å²) in [6.07, 6.45) is 7.34. The summed E-state index contributed by atoms with van der Waals surface area (Å²) < 4.78 is 47.1. The van der Waals surface area contributed by atoms with E-state index in [4.69, 9.17) is 42.6 Å². The second-order valence-electron chi connectivity index (χ2n) is 12.6. The van der Waals surface area contributed by atoms with Crippen LogP contribution in [0.2, 0.25) is 0 Å². The Morgan fingerprint density at radius 1 is 0.875 bits per heavy atom. The van der Waals surface area contributed by atoms with E-state index in [2.05, 4.69) is 79.7 Å². The Labute approximate surface area is 451 Å². The van der Waals surface area contributed by atoms with Crippen LogP contribution in [0.25, 0.3) is 33.1 Å². The summed E-state index contributed by atoms with van der Waals surface area (Å²) in [6, 6.07) is 6.46. The molecule has 0 N–H and O–H groups in total. The Hall–Kier alpha value is 0.618. The number of aryl methyl sites for hydroxylation is 4. The maximum atomic E-state index is 13.5. The van der Waals surface area contributed by atoms with E-state index >= 15 is 0 Å². The summed E-state index contributed by atoms with van der Waals surface area (Å²) in [6.45, 7) is 9.70. The maximum Gasteiger partial charge on any atom is 1.00 e. The van der Waals surface area contributed by atoms with Crippen molar-refractivity contribution in [2.75, 3.05) is 0 Å². The molecule has 0 aliphatic carbocycles. The molecule has 6 aromatic rings. The number of rotatable bonds is 3. The van der Waals surface area contributed by atoms with Gasteiger partial charge in [0.1, 0.15) is 25.9 Å². The van der Waals surface area contributed by atoms with Crippen molar-refractivity contribution in [3.05, 3.63) is 73.3 Å². The molecule has 1 saturated heterocycles. The summed E-state index contributed by atoms with van der Waals surface area (Å²) in [4.78, 5) is 11.0. The van der Waals surface area contributed by atoms with E-state index in [-0.39, 0.29) is 145 Å². The Balaban J connectivity index is 0.000000742. The normalized spacial score (nSPS) is 13.5. The molecule has 4 aromatic heterocycles. The fourth-order valence-corrected chi connectivity index (χ4v) is 6.20. The third-order valence-electron chi connectivity index (χ3n) is 8.01. The summed E-state index contributed by atoms with van der Waals surface area (Å²) in [5, 5.41) is 27.2. The van der Waals surface area contributed by atoms with Gasteiger partial charge in [-0.05, 0) is 101 Å². The van der Waals surface area contributed by atoms with Gasteiger partial charge in [0.15, 0.2) is 0 Å². The number of fused-ring (bicyclic) bond motifs is 2. The standard InChI is InChI=1S/C12H10BrFN4.C10H17BN2O2.C8H5BrFIN2.C2H4Cl2.CH2O3.2K.H/c1-17-6-7(5-15-17)12-8-3-9(13)10(14)4-11(8)18(2)16-12;1-9(2)10(3,4)15-11(14-9)8-6-12-13(5)7-8;1-13-7-3-6(10)5(9)2-4(7)8(11)12-13;1-2(3)4;2-1-4-3;;;/h3-6H,1-2H3;6-7H,1-5H3;2-3H,1H3;2H,1H3;1,3H;;;/q;;;;;2*+1;-1/p-1. The van der Waals surface area contributed by atoms with Gasteiger partial charge >= 0.3 is 110 Å².